The lowest BCUT2D eigenvalue weighted by Gasteiger charge is -2.26. The van der Waals surface area contributed by atoms with Gasteiger partial charge in [0.25, 0.3) is 0 Å². The van der Waals surface area contributed by atoms with E-state index in [2.05, 4.69) is 0 Å². The Morgan fingerprint density at radius 1 is 1.12 bits per heavy atom. The Kier molecular flexibility index (Phi) is 5.65. The SMILES string of the molecule is CCSC(=O)C1=CCN(S(=O)(=O)c2ccc(C)cc2)C1c1ccccc1. The number of aryl methyl sites for hydroxylation is 1. The van der Waals surface area contributed by atoms with Gasteiger partial charge in [-0.1, -0.05) is 72.8 Å². The van der Waals surface area contributed by atoms with Crippen LogP contribution in [0.25, 0.3) is 0 Å². The van der Waals surface area contributed by atoms with Crippen molar-refractivity contribution in [2.24, 2.45) is 0 Å². The van der Waals surface area contributed by atoms with E-state index >= 15 is 0 Å². The average molecular weight is 388 g/mol. The summed E-state index contributed by atoms with van der Waals surface area (Å²) in [5.74, 6) is 0.655. The van der Waals surface area contributed by atoms with E-state index in [1.54, 1.807) is 30.3 Å². The third kappa shape index (κ3) is 3.63. The summed E-state index contributed by atoms with van der Waals surface area (Å²) in [6, 6.07) is 15.5. The molecule has 136 valence electrons. The zero-order valence-corrected chi connectivity index (χ0v) is 16.4. The molecule has 0 amide bonds. The molecular formula is C20H21NO3S2. The summed E-state index contributed by atoms with van der Waals surface area (Å²) in [7, 11) is -3.71. The standard InChI is InChI=1S/C20H21NO3S2/c1-3-25-20(22)18-13-14-21(19(18)16-7-5-4-6-8-16)26(23,24)17-11-9-15(2)10-12-17/h4-13,19H,3,14H2,1-2H3. The van der Waals surface area contributed by atoms with E-state index in [1.165, 1.54) is 16.1 Å². The van der Waals surface area contributed by atoms with E-state index < -0.39 is 16.1 Å². The highest BCUT2D eigenvalue weighted by atomic mass is 32.2. The molecule has 3 rings (SSSR count). The van der Waals surface area contributed by atoms with E-state index in [0.717, 1.165) is 11.1 Å². The van der Waals surface area contributed by atoms with E-state index in [-0.39, 0.29) is 16.6 Å². The fourth-order valence-electron chi connectivity index (χ4n) is 3.03. The van der Waals surface area contributed by atoms with Crippen LogP contribution in [0, 0.1) is 6.92 Å². The van der Waals surface area contributed by atoms with E-state index in [0.29, 0.717) is 11.3 Å². The summed E-state index contributed by atoms with van der Waals surface area (Å²) in [5, 5.41) is -0.0667. The predicted octanol–water partition coefficient (Wildman–Crippen LogP) is 3.95. The van der Waals surface area contributed by atoms with E-state index in [1.807, 2.05) is 44.2 Å². The molecule has 1 aliphatic rings. The first-order valence-corrected chi connectivity index (χ1v) is 10.9. The van der Waals surface area contributed by atoms with Gasteiger partial charge in [-0.2, -0.15) is 4.31 Å². The van der Waals surface area contributed by atoms with Gasteiger partial charge in [0, 0.05) is 12.1 Å². The van der Waals surface area contributed by atoms with Gasteiger partial charge in [0.15, 0.2) is 0 Å². The average Bonchev–Trinajstić information content (AvgIpc) is 3.09. The second-order valence-electron chi connectivity index (χ2n) is 6.08. The Balaban J connectivity index is 2.03. The zero-order valence-electron chi connectivity index (χ0n) is 14.8. The molecule has 26 heavy (non-hydrogen) atoms. The summed E-state index contributed by atoms with van der Waals surface area (Å²) in [4.78, 5) is 12.8. The van der Waals surface area contributed by atoms with Crippen molar-refractivity contribution < 1.29 is 13.2 Å². The van der Waals surface area contributed by atoms with Crippen molar-refractivity contribution in [3.63, 3.8) is 0 Å². The maximum absolute atomic E-state index is 13.2. The maximum Gasteiger partial charge on any atom is 0.244 e. The molecule has 0 aliphatic carbocycles. The Bertz CT molecular complexity index is 919. The van der Waals surface area contributed by atoms with Crippen LogP contribution in [0.1, 0.15) is 24.1 Å². The number of rotatable bonds is 5. The van der Waals surface area contributed by atoms with Gasteiger partial charge < -0.3 is 0 Å². The number of carbonyl (C=O) groups is 1. The van der Waals surface area contributed by atoms with Gasteiger partial charge in [0.1, 0.15) is 0 Å². The van der Waals surface area contributed by atoms with Crippen molar-refractivity contribution in [2.45, 2.75) is 24.8 Å². The molecule has 1 atom stereocenters. The van der Waals surface area contributed by atoms with Gasteiger partial charge in [-0.05, 0) is 30.4 Å². The van der Waals surface area contributed by atoms with Crippen LogP contribution in [-0.2, 0) is 14.8 Å². The largest absolute Gasteiger partial charge is 0.282 e. The first-order chi connectivity index (χ1) is 12.4. The van der Waals surface area contributed by atoms with Gasteiger partial charge in [0.05, 0.1) is 10.9 Å². The quantitative estimate of drug-likeness (QED) is 0.780. The first-order valence-electron chi connectivity index (χ1n) is 8.45. The second-order valence-corrected chi connectivity index (χ2v) is 9.21. The summed E-state index contributed by atoms with van der Waals surface area (Å²) in [6.07, 6.45) is 1.74. The topological polar surface area (TPSA) is 54.5 Å². The summed E-state index contributed by atoms with van der Waals surface area (Å²) < 4.78 is 27.9. The second kappa shape index (κ2) is 7.78. The lowest BCUT2D eigenvalue weighted by atomic mass is 10.0. The molecule has 2 aromatic carbocycles. The highest BCUT2D eigenvalue weighted by Crippen LogP contribution is 2.39. The highest BCUT2D eigenvalue weighted by molar-refractivity contribution is 8.14. The Labute approximate surface area is 159 Å². The lowest BCUT2D eigenvalue weighted by molar-refractivity contribution is -0.108. The number of hydrogen-bond acceptors (Lipinski definition) is 4. The Morgan fingerprint density at radius 3 is 2.38 bits per heavy atom. The minimum atomic E-state index is -3.71. The fraction of sp³-hybridized carbons (Fsp3) is 0.250. The number of thioether (sulfide) groups is 1. The predicted molar refractivity (Wildman–Crippen MR) is 105 cm³/mol. The van der Waals surface area contributed by atoms with Gasteiger partial charge in [-0.3, -0.25) is 4.79 Å². The van der Waals surface area contributed by atoms with Gasteiger partial charge in [-0.15, -0.1) is 0 Å². The minimum absolute atomic E-state index is 0.0667. The van der Waals surface area contributed by atoms with Crippen LogP contribution >= 0.6 is 11.8 Å². The molecule has 0 radical (unpaired) electrons. The third-order valence-electron chi connectivity index (χ3n) is 4.33. The van der Waals surface area contributed by atoms with Crippen molar-refractivity contribution >= 4 is 26.9 Å². The minimum Gasteiger partial charge on any atom is -0.282 e. The van der Waals surface area contributed by atoms with Gasteiger partial charge in [0.2, 0.25) is 15.1 Å². The summed E-state index contributed by atoms with van der Waals surface area (Å²) in [5.41, 5.74) is 2.34. The number of nitrogens with zero attached hydrogens (tertiary/aromatic N) is 1. The van der Waals surface area contributed by atoms with Crippen molar-refractivity contribution in [3.8, 4) is 0 Å². The molecule has 1 unspecified atom stereocenters. The van der Waals surface area contributed by atoms with Crippen LogP contribution in [0.3, 0.4) is 0 Å². The van der Waals surface area contributed by atoms with Crippen LogP contribution in [0.4, 0.5) is 0 Å². The number of benzene rings is 2. The maximum atomic E-state index is 13.2. The third-order valence-corrected chi connectivity index (χ3v) is 6.96. The van der Waals surface area contributed by atoms with Crippen LogP contribution in [0.2, 0.25) is 0 Å². The molecule has 0 bridgehead atoms. The van der Waals surface area contributed by atoms with Crippen molar-refractivity contribution in [3.05, 3.63) is 77.4 Å². The number of hydrogen-bond donors (Lipinski definition) is 0. The molecule has 0 fully saturated rings. The monoisotopic (exact) mass is 387 g/mol. The Morgan fingerprint density at radius 2 is 1.77 bits per heavy atom. The molecule has 4 nitrogen and oxygen atoms in total. The van der Waals surface area contributed by atoms with Crippen molar-refractivity contribution in [1.82, 2.24) is 4.31 Å². The summed E-state index contributed by atoms with van der Waals surface area (Å²) in [6.45, 7) is 4.02. The molecular weight excluding hydrogens is 366 g/mol. The number of sulfonamides is 1. The van der Waals surface area contributed by atoms with Crippen LogP contribution in [0.15, 0.2) is 71.1 Å². The first kappa shape index (κ1) is 18.9. The smallest absolute Gasteiger partial charge is 0.244 e. The van der Waals surface area contributed by atoms with Crippen LogP contribution in [0.5, 0.6) is 0 Å². The highest BCUT2D eigenvalue weighted by Gasteiger charge is 2.40. The molecule has 2 aromatic rings. The molecule has 0 N–H and O–H groups in total. The molecule has 1 heterocycles. The molecule has 0 saturated carbocycles. The van der Waals surface area contributed by atoms with E-state index in [9.17, 15) is 13.2 Å². The molecule has 0 aromatic heterocycles. The van der Waals surface area contributed by atoms with Gasteiger partial charge >= 0.3 is 0 Å². The van der Waals surface area contributed by atoms with Gasteiger partial charge in [-0.25, -0.2) is 8.42 Å². The number of carbonyl (C=O) groups excluding carboxylic acids is 1. The summed E-state index contributed by atoms with van der Waals surface area (Å²) >= 11 is 1.21. The van der Waals surface area contributed by atoms with Crippen molar-refractivity contribution in [2.75, 3.05) is 12.3 Å². The Hall–Kier alpha value is -1.89. The lowest BCUT2D eigenvalue weighted by Crippen LogP contribution is -2.33. The van der Waals surface area contributed by atoms with E-state index in [4.69, 9.17) is 0 Å². The molecule has 6 heteroatoms. The molecule has 1 aliphatic heterocycles. The fourth-order valence-corrected chi connectivity index (χ4v) is 5.19. The van der Waals surface area contributed by atoms with Crippen molar-refractivity contribution in [1.29, 1.82) is 0 Å². The van der Waals surface area contributed by atoms with Crippen LogP contribution < -0.4 is 0 Å². The molecule has 0 spiro atoms. The van der Waals surface area contributed by atoms with Crippen LogP contribution in [-0.4, -0.2) is 30.1 Å². The zero-order chi connectivity index (χ0) is 18.7. The molecule has 0 saturated heterocycles. The normalized spacial score (nSPS) is 17.9.